The van der Waals surface area contributed by atoms with E-state index in [1.165, 1.54) is 0 Å². The first kappa shape index (κ1) is 19.0. The normalized spacial score (nSPS) is 11.2. The zero-order valence-corrected chi connectivity index (χ0v) is 9.88. The molecule has 0 atom stereocenters. The Morgan fingerprint density at radius 1 is 0.750 bits per heavy atom. The van der Waals surface area contributed by atoms with Gasteiger partial charge in [0.05, 0.1) is 31.7 Å². The first-order valence-corrected chi connectivity index (χ1v) is 5.23. The van der Waals surface area contributed by atoms with Crippen molar-refractivity contribution in [2.24, 2.45) is 0 Å². The maximum Gasteiger partial charge on any atom is 1.00 e. The predicted molar refractivity (Wildman–Crippen MR) is 29.1 cm³/mol. The summed E-state index contributed by atoms with van der Waals surface area (Å²) in [4.78, 5) is 0. The van der Waals surface area contributed by atoms with E-state index in [-0.39, 0.29) is 44.8 Å². The van der Waals surface area contributed by atoms with Crippen LogP contribution in [0.2, 0.25) is 0 Å². The van der Waals surface area contributed by atoms with Crippen LogP contribution in [0, 0.1) is 0 Å². The third-order valence-electron chi connectivity index (χ3n) is 0.583. The molecule has 0 spiro atoms. The third-order valence-corrected chi connectivity index (χ3v) is 2.25. The molecule has 0 aromatic carbocycles. The third kappa shape index (κ3) is 17.4. The molecule has 0 aromatic rings. The molecule has 0 saturated carbocycles. The molecule has 0 fully saturated rings. The minimum absolute atomic E-state index is 0. The maximum absolute atomic E-state index is 9.72. The largest absolute Gasteiger partial charge is 1.00 e. The fourth-order valence-corrected chi connectivity index (χ4v) is 1.84. The molecule has 0 aliphatic rings. The standard InChI is InChI=1S/C2H6O6S2.2Ag/c3-9(4,5)1-2-10(6,7)8;;/h1-2H2,(H,3,4,5)(H,6,7,8);;/q;2*+1/p-2. The molecule has 0 bridgehead atoms. The van der Waals surface area contributed by atoms with Crippen LogP contribution in [-0.4, -0.2) is 37.4 Å². The monoisotopic (exact) mass is 402 g/mol. The van der Waals surface area contributed by atoms with Crippen molar-refractivity contribution in [1.29, 1.82) is 0 Å². The Balaban J connectivity index is -0.000000405. The zero-order chi connectivity index (χ0) is 8.41. The van der Waals surface area contributed by atoms with Crippen molar-refractivity contribution < 1.29 is 70.7 Å². The van der Waals surface area contributed by atoms with Gasteiger partial charge in [-0.05, 0) is 0 Å². The zero-order valence-electron chi connectivity index (χ0n) is 5.28. The van der Waals surface area contributed by atoms with Crippen molar-refractivity contribution in [1.82, 2.24) is 0 Å². The molecular formula is C2H4Ag2O6S2. The van der Waals surface area contributed by atoms with E-state index in [0.717, 1.165) is 0 Å². The summed E-state index contributed by atoms with van der Waals surface area (Å²) in [5, 5.41) is 0. The molecule has 82 valence electrons. The van der Waals surface area contributed by atoms with Crippen molar-refractivity contribution >= 4 is 20.2 Å². The Bertz CT molecular complexity index is 258. The molecule has 12 heavy (non-hydrogen) atoms. The van der Waals surface area contributed by atoms with Gasteiger partial charge in [-0.25, -0.2) is 16.8 Å². The first-order valence-electron chi connectivity index (χ1n) is 2.08. The number of rotatable bonds is 3. The number of hydrogen-bond acceptors (Lipinski definition) is 6. The molecule has 0 radical (unpaired) electrons. The van der Waals surface area contributed by atoms with Gasteiger partial charge in [-0.3, -0.25) is 0 Å². The van der Waals surface area contributed by atoms with Crippen LogP contribution in [-0.2, 0) is 65.0 Å². The molecule has 0 aliphatic carbocycles. The average Bonchev–Trinajstić information content (AvgIpc) is 1.57. The first-order chi connectivity index (χ1) is 4.21. The molecule has 0 unspecified atom stereocenters. The van der Waals surface area contributed by atoms with Crippen LogP contribution >= 0.6 is 0 Å². The van der Waals surface area contributed by atoms with Gasteiger partial charge in [0.1, 0.15) is 0 Å². The minimum Gasteiger partial charge on any atom is -0.748 e. The van der Waals surface area contributed by atoms with Crippen LogP contribution < -0.4 is 0 Å². The maximum atomic E-state index is 9.72. The van der Waals surface area contributed by atoms with Crippen LogP contribution in [0.25, 0.3) is 0 Å². The van der Waals surface area contributed by atoms with Gasteiger partial charge in [-0.2, -0.15) is 0 Å². The minimum atomic E-state index is -4.59. The van der Waals surface area contributed by atoms with Gasteiger partial charge in [0.15, 0.2) is 0 Å². The Hall–Kier alpha value is 1.30. The van der Waals surface area contributed by atoms with E-state index < -0.39 is 31.7 Å². The van der Waals surface area contributed by atoms with E-state index in [1.807, 2.05) is 0 Å². The van der Waals surface area contributed by atoms with Gasteiger partial charge in [-0.1, -0.05) is 0 Å². The molecule has 0 rings (SSSR count). The van der Waals surface area contributed by atoms with E-state index >= 15 is 0 Å². The SMILES string of the molecule is O=S(=O)([O-])CCS(=O)(=O)[O-].[Ag+].[Ag+]. The summed E-state index contributed by atoms with van der Waals surface area (Å²) in [6.45, 7) is 0. The van der Waals surface area contributed by atoms with Crippen molar-refractivity contribution in [3.63, 3.8) is 0 Å². The second kappa shape index (κ2) is 6.71. The van der Waals surface area contributed by atoms with Gasteiger partial charge in [0, 0.05) is 0 Å². The summed E-state index contributed by atoms with van der Waals surface area (Å²) in [5.41, 5.74) is 0. The summed E-state index contributed by atoms with van der Waals surface area (Å²) in [7, 11) is -9.17. The summed E-state index contributed by atoms with van der Waals surface area (Å²) in [6.07, 6.45) is 0. The average molecular weight is 404 g/mol. The number of hydrogen-bond donors (Lipinski definition) is 0. The predicted octanol–water partition coefficient (Wildman–Crippen LogP) is -1.93. The van der Waals surface area contributed by atoms with E-state index in [1.54, 1.807) is 0 Å². The molecule has 6 nitrogen and oxygen atoms in total. The van der Waals surface area contributed by atoms with E-state index in [9.17, 15) is 25.9 Å². The van der Waals surface area contributed by atoms with Crippen molar-refractivity contribution in [3.8, 4) is 0 Å². The summed E-state index contributed by atoms with van der Waals surface area (Å²) >= 11 is 0. The van der Waals surface area contributed by atoms with E-state index in [2.05, 4.69) is 0 Å². The van der Waals surface area contributed by atoms with Gasteiger partial charge in [0.25, 0.3) is 0 Å². The molecule has 0 aliphatic heterocycles. The molecule has 0 N–H and O–H groups in total. The van der Waals surface area contributed by atoms with Crippen LogP contribution in [0.5, 0.6) is 0 Å². The molecule has 0 saturated heterocycles. The van der Waals surface area contributed by atoms with E-state index in [0.29, 0.717) is 0 Å². The Morgan fingerprint density at radius 2 is 0.917 bits per heavy atom. The molecule has 0 aromatic heterocycles. The summed E-state index contributed by atoms with van der Waals surface area (Å²) in [5.74, 6) is -2.31. The second-order valence-electron chi connectivity index (χ2n) is 1.52. The summed E-state index contributed by atoms with van der Waals surface area (Å²) < 4.78 is 58.3. The van der Waals surface area contributed by atoms with Gasteiger partial charge in [-0.15, -0.1) is 0 Å². The quantitative estimate of drug-likeness (QED) is 0.400. The van der Waals surface area contributed by atoms with Crippen LogP contribution in [0.1, 0.15) is 0 Å². The van der Waals surface area contributed by atoms with Gasteiger partial charge >= 0.3 is 44.8 Å². The van der Waals surface area contributed by atoms with Crippen LogP contribution in [0.15, 0.2) is 0 Å². The van der Waals surface area contributed by atoms with Crippen molar-refractivity contribution in [2.75, 3.05) is 11.5 Å². The van der Waals surface area contributed by atoms with Crippen molar-refractivity contribution in [3.05, 3.63) is 0 Å². The fourth-order valence-electron chi connectivity index (χ4n) is 0.204. The molecular weight excluding hydrogens is 400 g/mol. The smallest absolute Gasteiger partial charge is 0.748 e. The van der Waals surface area contributed by atoms with Crippen molar-refractivity contribution in [2.45, 2.75) is 0 Å². The molecule has 10 heteroatoms. The topological polar surface area (TPSA) is 114 Å². The molecule has 0 amide bonds. The summed E-state index contributed by atoms with van der Waals surface area (Å²) in [6, 6.07) is 0. The molecule has 0 heterocycles. The van der Waals surface area contributed by atoms with E-state index in [4.69, 9.17) is 0 Å². The Morgan fingerprint density at radius 3 is 1.00 bits per heavy atom. The van der Waals surface area contributed by atoms with Gasteiger partial charge < -0.3 is 9.11 Å². The van der Waals surface area contributed by atoms with Gasteiger partial charge in [0.2, 0.25) is 0 Å². The second-order valence-corrected chi connectivity index (χ2v) is 4.57. The Labute approximate surface area is 102 Å². The van der Waals surface area contributed by atoms with Crippen LogP contribution in [0.4, 0.5) is 0 Å². The fraction of sp³-hybridized carbons (Fsp3) is 1.00. The van der Waals surface area contributed by atoms with Crippen LogP contribution in [0.3, 0.4) is 0 Å². The Kier molecular flexibility index (Phi) is 10.6.